The van der Waals surface area contributed by atoms with Gasteiger partial charge < -0.3 is 14.2 Å². The molecule has 1 atom stereocenters. The van der Waals surface area contributed by atoms with Crippen LogP contribution in [0.15, 0.2) is 60.8 Å². The van der Waals surface area contributed by atoms with Crippen molar-refractivity contribution in [2.24, 2.45) is 0 Å². The predicted molar refractivity (Wildman–Crippen MR) is 353 cm³/mol. The molecule has 0 aliphatic heterocycles. The summed E-state index contributed by atoms with van der Waals surface area (Å²) < 4.78 is 16.9. The number of allylic oxidation sites excluding steroid dienone is 10. The molecule has 0 amide bonds. The smallest absolute Gasteiger partial charge is 0.306 e. The highest BCUT2D eigenvalue weighted by Crippen LogP contribution is 2.19. The molecule has 0 bridgehead atoms. The third kappa shape index (κ3) is 67.8. The van der Waals surface area contributed by atoms with Crippen LogP contribution in [0.5, 0.6) is 0 Å². The average molecular weight is 1130 g/mol. The Morgan fingerprint density at radius 3 is 0.741 bits per heavy atom. The first-order chi connectivity index (χ1) is 40.0. The van der Waals surface area contributed by atoms with Crippen LogP contribution in [-0.2, 0) is 28.6 Å². The summed E-state index contributed by atoms with van der Waals surface area (Å²) in [7, 11) is 0. The summed E-state index contributed by atoms with van der Waals surface area (Å²) in [6.45, 7) is 6.53. The molecule has 0 aliphatic rings. The zero-order valence-corrected chi connectivity index (χ0v) is 54.3. The fourth-order valence-corrected chi connectivity index (χ4v) is 10.7. The van der Waals surface area contributed by atoms with Crippen LogP contribution < -0.4 is 0 Å². The van der Waals surface area contributed by atoms with E-state index in [-0.39, 0.29) is 37.5 Å². The Morgan fingerprint density at radius 2 is 0.481 bits per heavy atom. The normalized spacial score (nSPS) is 12.4. The van der Waals surface area contributed by atoms with E-state index >= 15 is 0 Å². The van der Waals surface area contributed by atoms with E-state index in [0.717, 1.165) is 77.0 Å². The Morgan fingerprint density at radius 1 is 0.259 bits per heavy atom. The van der Waals surface area contributed by atoms with Crippen molar-refractivity contribution in [1.82, 2.24) is 0 Å². The van der Waals surface area contributed by atoms with Gasteiger partial charge in [-0.3, -0.25) is 14.4 Å². The molecule has 0 N–H and O–H groups in total. The molecule has 0 saturated heterocycles. The first-order valence-electron chi connectivity index (χ1n) is 35.8. The van der Waals surface area contributed by atoms with Crippen LogP contribution >= 0.6 is 0 Å². The topological polar surface area (TPSA) is 78.9 Å². The molecule has 0 spiro atoms. The van der Waals surface area contributed by atoms with E-state index in [0.29, 0.717) is 19.3 Å². The molecule has 0 aliphatic carbocycles. The van der Waals surface area contributed by atoms with Gasteiger partial charge in [0.05, 0.1) is 0 Å². The second-order valence-electron chi connectivity index (χ2n) is 24.1. The van der Waals surface area contributed by atoms with Gasteiger partial charge in [-0.05, 0) is 57.8 Å². The summed E-state index contributed by atoms with van der Waals surface area (Å²) in [4.78, 5) is 38.3. The Kier molecular flexibility index (Phi) is 67.1. The Hall–Kier alpha value is -2.89. The Labute approximate surface area is 504 Å². The first kappa shape index (κ1) is 78.1. The summed E-state index contributed by atoms with van der Waals surface area (Å²) in [5, 5.41) is 0. The Balaban J connectivity index is 4.11. The lowest BCUT2D eigenvalue weighted by Gasteiger charge is -2.18. The molecule has 81 heavy (non-hydrogen) atoms. The van der Waals surface area contributed by atoms with Gasteiger partial charge in [0, 0.05) is 19.3 Å². The first-order valence-corrected chi connectivity index (χ1v) is 35.8. The highest BCUT2D eigenvalue weighted by Gasteiger charge is 2.19. The number of carbonyl (C=O) groups is 3. The lowest BCUT2D eigenvalue weighted by atomic mass is 10.0. The fraction of sp³-hybridized carbons (Fsp3) is 0.827. The maximum absolute atomic E-state index is 12.9. The number of rotatable bonds is 66. The summed E-state index contributed by atoms with van der Waals surface area (Å²) in [5.41, 5.74) is 0. The van der Waals surface area contributed by atoms with Crippen molar-refractivity contribution in [3.05, 3.63) is 60.8 Å². The van der Waals surface area contributed by atoms with Crippen molar-refractivity contribution in [2.45, 2.75) is 386 Å². The van der Waals surface area contributed by atoms with Gasteiger partial charge in [-0.2, -0.15) is 0 Å². The maximum atomic E-state index is 12.9. The molecule has 0 radical (unpaired) electrons. The summed E-state index contributed by atoms with van der Waals surface area (Å²) in [5.74, 6) is -0.931. The zero-order valence-electron chi connectivity index (χ0n) is 54.3. The number of carbonyl (C=O) groups excluding carboxylic acids is 3. The molecule has 0 aromatic heterocycles. The molecular formula is C75H136O6. The van der Waals surface area contributed by atoms with Crippen LogP contribution in [-0.4, -0.2) is 37.2 Å². The minimum Gasteiger partial charge on any atom is -0.462 e. The number of hydrogen-bond acceptors (Lipinski definition) is 6. The fourth-order valence-electron chi connectivity index (χ4n) is 10.7. The summed E-state index contributed by atoms with van der Waals surface area (Å²) in [6.07, 6.45) is 90.1. The maximum Gasteiger partial charge on any atom is 0.306 e. The molecule has 0 heterocycles. The summed E-state index contributed by atoms with van der Waals surface area (Å²) >= 11 is 0. The minimum absolute atomic E-state index is 0.0924. The van der Waals surface area contributed by atoms with E-state index < -0.39 is 6.10 Å². The molecular weight excluding hydrogens is 997 g/mol. The predicted octanol–water partition coefficient (Wildman–Crippen LogP) is 24.7. The molecule has 0 rings (SSSR count). The van der Waals surface area contributed by atoms with Gasteiger partial charge in [0.25, 0.3) is 0 Å². The third-order valence-corrected chi connectivity index (χ3v) is 16.0. The lowest BCUT2D eigenvalue weighted by molar-refractivity contribution is -0.167. The van der Waals surface area contributed by atoms with Crippen LogP contribution in [0, 0.1) is 0 Å². The standard InChI is InChI=1S/C75H136O6/c1-4-7-10-13-16-19-22-25-27-29-30-31-32-33-34-35-36-37-38-39-40-41-42-43-44-45-47-48-50-53-56-59-62-65-68-74(77)80-71-72(70-79-73(76)67-64-61-58-55-52-24-21-18-15-12-9-6-3)81-75(78)69-66-63-60-57-54-51-49-46-28-26-23-20-17-14-11-8-5-2/h8,11,17,20,26,28,49,51,57,60,72H,4-7,9-10,12-16,18-19,21-25,27,29-48,50,52-56,58-59,61-71H2,1-3H3/b11-8-,20-17-,28-26-,51-49-,60-57-. The molecule has 0 fully saturated rings. The number of unbranched alkanes of at least 4 members (excludes halogenated alkanes) is 45. The van der Waals surface area contributed by atoms with Gasteiger partial charge in [-0.25, -0.2) is 0 Å². The number of hydrogen-bond donors (Lipinski definition) is 0. The molecule has 6 heteroatoms. The van der Waals surface area contributed by atoms with Crippen molar-refractivity contribution in [3.8, 4) is 0 Å². The van der Waals surface area contributed by atoms with Gasteiger partial charge in [0.15, 0.2) is 6.10 Å². The quantitative estimate of drug-likeness (QED) is 0.0261. The van der Waals surface area contributed by atoms with Crippen molar-refractivity contribution in [3.63, 3.8) is 0 Å². The number of esters is 3. The van der Waals surface area contributed by atoms with Crippen LogP contribution in [0.1, 0.15) is 380 Å². The second-order valence-corrected chi connectivity index (χ2v) is 24.1. The van der Waals surface area contributed by atoms with E-state index in [4.69, 9.17) is 14.2 Å². The molecule has 0 aromatic rings. The second kappa shape index (κ2) is 69.6. The van der Waals surface area contributed by atoms with Crippen molar-refractivity contribution in [1.29, 1.82) is 0 Å². The van der Waals surface area contributed by atoms with Crippen molar-refractivity contribution >= 4 is 17.9 Å². The van der Waals surface area contributed by atoms with Gasteiger partial charge in [0.1, 0.15) is 13.2 Å². The molecule has 1 unspecified atom stereocenters. The van der Waals surface area contributed by atoms with E-state index in [9.17, 15) is 14.4 Å². The third-order valence-electron chi connectivity index (χ3n) is 16.0. The highest BCUT2D eigenvalue weighted by atomic mass is 16.6. The highest BCUT2D eigenvalue weighted by molar-refractivity contribution is 5.71. The SMILES string of the molecule is CC/C=C\C/C=C\C/C=C\C/C=C\C/C=C\CCCC(=O)OC(COC(=O)CCCCCCCCCCCCCC)COC(=O)CCCCCCCCCCCCCCCCCCCCCCCCCCCCCCCCCCCC. The number of ether oxygens (including phenoxy) is 3. The van der Waals surface area contributed by atoms with Gasteiger partial charge in [0.2, 0.25) is 0 Å². The van der Waals surface area contributed by atoms with Crippen LogP contribution in [0.2, 0.25) is 0 Å². The van der Waals surface area contributed by atoms with E-state index in [1.54, 1.807) is 0 Å². The molecule has 0 aromatic carbocycles. The van der Waals surface area contributed by atoms with E-state index in [1.807, 2.05) is 0 Å². The average Bonchev–Trinajstić information content (AvgIpc) is 3.47. The zero-order chi connectivity index (χ0) is 58.5. The van der Waals surface area contributed by atoms with E-state index in [1.165, 1.54) is 257 Å². The monoisotopic (exact) mass is 1130 g/mol. The van der Waals surface area contributed by atoms with Gasteiger partial charge >= 0.3 is 17.9 Å². The van der Waals surface area contributed by atoms with Gasteiger partial charge in [-0.1, -0.05) is 364 Å². The van der Waals surface area contributed by atoms with Crippen LogP contribution in [0.4, 0.5) is 0 Å². The van der Waals surface area contributed by atoms with Crippen LogP contribution in [0.25, 0.3) is 0 Å². The molecule has 6 nitrogen and oxygen atoms in total. The molecule has 0 saturated carbocycles. The van der Waals surface area contributed by atoms with Crippen molar-refractivity contribution < 1.29 is 28.6 Å². The minimum atomic E-state index is -0.802. The van der Waals surface area contributed by atoms with Crippen LogP contribution in [0.3, 0.4) is 0 Å². The van der Waals surface area contributed by atoms with Gasteiger partial charge in [-0.15, -0.1) is 0 Å². The lowest BCUT2D eigenvalue weighted by Crippen LogP contribution is -2.30. The Bertz CT molecular complexity index is 1440. The summed E-state index contributed by atoms with van der Waals surface area (Å²) in [6, 6.07) is 0. The molecule has 472 valence electrons. The van der Waals surface area contributed by atoms with E-state index in [2.05, 4.69) is 81.5 Å². The largest absolute Gasteiger partial charge is 0.462 e. The van der Waals surface area contributed by atoms with Crippen molar-refractivity contribution in [2.75, 3.05) is 13.2 Å².